The van der Waals surface area contributed by atoms with E-state index in [2.05, 4.69) is 16.0 Å². The summed E-state index contributed by atoms with van der Waals surface area (Å²) in [5, 5.41) is 4.68. The summed E-state index contributed by atoms with van der Waals surface area (Å²) in [5.41, 5.74) is 1.75. The van der Waals surface area contributed by atoms with Crippen molar-refractivity contribution in [2.45, 2.75) is 78.1 Å². The molecule has 0 radical (unpaired) electrons. The highest BCUT2D eigenvalue weighted by Crippen LogP contribution is 2.27. The molecule has 0 bridgehead atoms. The molecule has 1 aromatic rings. The second-order valence-corrected chi connectivity index (χ2v) is 7.66. The molecule has 1 amide bonds. The van der Waals surface area contributed by atoms with Crippen molar-refractivity contribution in [3.8, 4) is 0 Å². The molecule has 3 rings (SSSR count). The summed E-state index contributed by atoms with van der Waals surface area (Å²) in [7, 11) is 0. The van der Waals surface area contributed by atoms with Crippen LogP contribution in [0.15, 0.2) is 6.20 Å². The topological polar surface area (TPSA) is 47.4 Å². The number of carbonyl (C=O) groups is 1. The molecule has 1 aliphatic heterocycles. The van der Waals surface area contributed by atoms with Crippen LogP contribution in [-0.4, -0.2) is 26.4 Å². The second-order valence-electron chi connectivity index (χ2n) is 7.66. The minimum atomic E-state index is -0.446. The van der Waals surface area contributed by atoms with Gasteiger partial charge in [-0.1, -0.05) is 19.3 Å². The van der Waals surface area contributed by atoms with Crippen molar-refractivity contribution >= 4 is 6.09 Å². The Morgan fingerprint density at radius 1 is 1.27 bits per heavy atom. The van der Waals surface area contributed by atoms with Crippen molar-refractivity contribution in [1.29, 1.82) is 0 Å². The average Bonchev–Trinajstić information content (AvgIpc) is 2.96. The first-order chi connectivity index (χ1) is 10.4. The van der Waals surface area contributed by atoms with Gasteiger partial charge in [-0.2, -0.15) is 5.10 Å². The van der Waals surface area contributed by atoms with Gasteiger partial charge in [0.15, 0.2) is 0 Å². The molecule has 0 saturated heterocycles. The Morgan fingerprint density at radius 2 is 2.00 bits per heavy atom. The molecule has 5 heteroatoms. The fourth-order valence-corrected chi connectivity index (χ4v) is 3.39. The van der Waals surface area contributed by atoms with E-state index in [0.29, 0.717) is 13.1 Å². The number of carbonyl (C=O) groups excluding carboxylic acids is 1. The summed E-state index contributed by atoms with van der Waals surface area (Å²) in [6, 6.07) is 0. The van der Waals surface area contributed by atoms with E-state index in [-0.39, 0.29) is 6.09 Å². The predicted octanol–water partition coefficient (Wildman–Crippen LogP) is 3.71. The van der Waals surface area contributed by atoms with Crippen LogP contribution in [0.3, 0.4) is 0 Å². The smallest absolute Gasteiger partial charge is 0.410 e. The first-order valence-electron chi connectivity index (χ1n) is 8.44. The van der Waals surface area contributed by atoms with Gasteiger partial charge in [0.25, 0.3) is 0 Å². The Kier molecular flexibility index (Phi) is 4.15. The lowest BCUT2D eigenvalue weighted by Gasteiger charge is -2.24. The first-order valence-corrected chi connectivity index (χ1v) is 8.44. The molecule has 0 atom stereocenters. The number of hydrogen-bond donors (Lipinski definition) is 0. The quantitative estimate of drug-likeness (QED) is 0.836. The van der Waals surface area contributed by atoms with Crippen LogP contribution in [0.4, 0.5) is 4.79 Å². The number of fused-ring (bicyclic) bond motifs is 1. The van der Waals surface area contributed by atoms with Gasteiger partial charge in [0.05, 0.1) is 18.8 Å². The zero-order chi connectivity index (χ0) is 15.7. The van der Waals surface area contributed by atoms with Crippen molar-refractivity contribution in [3.63, 3.8) is 0 Å². The van der Waals surface area contributed by atoms with Gasteiger partial charge in [-0.15, -0.1) is 0 Å². The molecular formula is C17H27N3O2. The third-order valence-electron chi connectivity index (χ3n) is 4.45. The second kappa shape index (κ2) is 5.94. The van der Waals surface area contributed by atoms with Crippen LogP contribution in [0.2, 0.25) is 0 Å². The van der Waals surface area contributed by atoms with Crippen molar-refractivity contribution < 1.29 is 9.53 Å². The molecule has 122 valence electrons. The van der Waals surface area contributed by atoms with Gasteiger partial charge in [0, 0.05) is 18.3 Å². The van der Waals surface area contributed by atoms with Crippen LogP contribution >= 0.6 is 0 Å². The van der Waals surface area contributed by atoms with Crippen LogP contribution in [0.1, 0.15) is 64.1 Å². The van der Waals surface area contributed by atoms with E-state index >= 15 is 0 Å². The molecule has 1 fully saturated rings. The summed E-state index contributed by atoms with van der Waals surface area (Å²) in [5.74, 6) is 0.774. The minimum Gasteiger partial charge on any atom is -0.444 e. The Morgan fingerprint density at radius 3 is 2.64 bits per heavy atom. The Bertz CT molecular complexity index is 515. The molecule has 2 aliphatic rings. The highest BCUT2D eigenvalue weighted by Gasteiger charge is 2.30. The summed E-state index contributed by atoms with van der Waals surface area (Å²) < 4.78 is 7.52. The molecule has 0 aromatic carbocycles. The van der Waals surface area contributed by atoms with E-state index in [1.54, 1.807) is 4.90 Å². The molecule has 0 unspecified atom stereocenters. The number of rotatable bonds is 2. The van der Waals surface area contributed by atoms with E-state index < -0.39 is 5.60 Å². The molecule has 0 N–H and O–H groups in total. The van der Waals surface area contributed by atoms with Crippen LogP contribution < -0.4 is 0 Å². The van der Waals surface area contributed by atoms with Crippen LogP contribution in [-0.2, 0) is 24.4 Å². The Hall–Kier alpha value is -1.52. The number of aromatic nitrogens is 2. The minimum absolute atomic E-state index is 0.246. The average molecular weight is 305 g/mol. The molecular weight excluding hydrogens is 278 g/mol. The summed E-state index contributed by atoms with van der Waals surface area (Å²) in [6.45, 7) is 7.90. The number of ether oxygens (including phenoxy) is 1. The van der Waals surface area contributed by atoms with Gasteiger partial charge in [0.1, 0.15) is 5.60 Å². The van der Waals surface area contributed by atoms with E-state index in [9.17, 15) is 4.79 Å². The van der Waals surface area contributed by atoms with E-state index in [4.69, 9.17) is 4.74 Å². The third-order valence-corrected chi connectivity index (χ3v) is 4.45. The molecule has 22 heavy (non-hydrogen) atoms. The molecule has 5 nitrogen and oxygen atoms in total. The molecule has 1 aromatic heterocycles. The molecule has 2 heterocycles. The number of nitrogens with zero attached hydrogens (tertiary/aromatic N) is 3. The third kappa shape index (κ3) is 3.62. The number of amides is 1. The van der Waals surface area contributed by atoms with E-state index in [1.165, 1.54) is 37.7 Å². The summed E-state index contributed by atoms with van der Waals surface area (Å²) in [6.07, 6.45) is 8.63. The Labute approximate surface area is 132 Å². The number of hydrogen-bond acceptors (Lipinski definition) is 3. The van der Waals surface area contributed by atoms with Gasteiger partial charge >= 0.3 is 6.09 Å². The predicted molar refractivity (Wildman–Crippen MR) is 84.3 cm³/mol. The lowest BCUT2D eigenvalue weighted by atomic mass is 9.89. The summed E-state index contributed by atoms with van der Waals surface area (Å²) >= 11 is 0. The lowest BCUT2D eigenvalue weighted by Crippen LogP contribution is -2.33. The van der Waals surface area contributed by atoms with Crippen LogP contribution in [0, 0.1) is 5.92 Å². The maximum Gasteiger partial charge on any atom is 0.410 e. The Balaban J connectivity index is 1.57. The molecule has 1 saturated carbocycles. The SMILES string of the molecule is CC(C)(C)OC(=O)N1Cc2cn(CC3CCCCC3)nc2C1. The van der Waals surface area contributed by atoms with Gasteiger partial charge < -0.3 is 4.74 Å². The summed E-state index contributed by atoms with van der Waals surface area (Å²) in [4.78, 5) is 13.8. The van der Waals surface area contributed by atoms with Gasteiger partial charge in [-0.3, -0.25) is 9.58 Å². The fraction of sp³-hybridized carbons (Fsp3) is 0.765. The molecule has 0 spiro atoms. The fourth-order valence-electron chi connectivity index (χ4n) is 3.39. The normalized spacial score (nSPS) is 19.3. The monoisotopic (exact) mass is 305 g/mol. The van der Waals surface area contributed by atoms with Gasteiger partial charge in [-0.05, 0) is 39.5 Å². The highest BCUT2D eigenvalue weighted by molar-refractivity contribution is 5.69. The maximum atomic E-state index is 12.1. The van der Waals surface area contributed by atoms with Gasteiger partial charge in [0.2, 0.25) is 0 Å². The van der Waals surface area contributed by atoms with Crippen LogP contribution in [0.5, 0.6) is 0 Å². The van der Waals surface area contributed by atoms with Crippen LogP contribution in [0.25, 0.3) is 0 Å². The van der Waals surface area contributed by atoms with E-state index in [0.717, 1.165) is 18.2 Å². The standard InChI is InChI=1S/C17H27N3O2/c1-17(2,3)22-16(21)19-10-14-11-20(18-15(14)12-19)9-13-7-5-4-6-8-13/h11,13H,4-10,12H2,1-3H3. The maximum absolute atomic E-state index is 12.1. The van der Waals surface area contributed by atoms with Crippen molar-refractivity contribution in [2.75, 3.05) is 0 Å². The van der Waals surface area contributed by atoms with Gasteiger partial charge in [-0.25, -0.2) is 4.79 Å². The lowest BCUT2D eigenvalue weighted by molar-refractivity contribution is 0.0239. The van der Waals surface area contributed by atoms with Crippen molar-refractivity contribution in [2.24, 2.45) is 5.92 Å². The highest BCUT2D eigenvalue weighted by atomic mass is 16.6. The first kappa shape index (κ1) is 15.4. The zero-order valence-electron chi connectivity index (χ0n) is 14.0. The largest absolute Gasteiger partial charge is 0.444 e. The molecule has 1 aliphatic carbocycles. The van der Waals surface area contributed by atoms with E-state index in [1.807, 2.05) is 20.8 Å². The van der Waals surface area contributed by atoms with Crippen molar-refractivity contribution in [1.82, 2.24) is 14.7 Å². The van der Waals surface area contributed by atoms with Crippen molar-refractivity contribution in [3.05, 3.63) is 17.5 Å². The zero-order valence-corrected chi connectivity index (χ0v) is 14.0.